The van der Waals surface area contributed by atoms with E-state index < -0.39 is 0 Å². The standard InChI is InChI=1S/C20H24FN3.ClH/c21-20-7-5-17(6-8-20)4-2-12-24(16-19-9-11-23-14-19)15-18-3-1-10-22-13-18;/h1-8,10,13,19,23H,9,11-12,14-16H2;1H/b4-2+;. The number of benzene rings is 1. The highest BCUT2D eigenvalue weighted by Gasteiger charge is 2.17. The summed E-state index contributed by atoms with van der Waals surface area (Å²) in [7, 11) is 0. The van der Waals surface area contributed by atoms with E-state index in [4.69, 9.17) is 0 Å². The molecule has 3 nitrogen and oxygen atoms in total. The van der Waals surface area contributed by atoms with Gasteiger partial charge in [0.2, 0.25) is 0 Å². The third-order valence-electron chi connectivity index (χ3n) is 4.35. The third kappa shape index (κ3) is 6.58. The molecule has 1 atom stereocenters. The van der Waals surface area contributed by atoms with Crippen LogP contribution < -0.4 is 5.32 Å². The van der Waals surface area contributed by atoms with Crippen molar-refractivity contribution in [3.05, 3.63) is 71.8 Å². The van der Waals surface area contributed by atoms with Crippen molar-refractivity contribution in [2.75, 3.05) is 26.2 Å². The van der Waals surface area contributed by atoms with Gasteiger partial charge in [0.15, 0.2) is 0 Å². The summed E-state index contributed by atoms with van der Waals surface area (Å²) in [4.78, 5) is 6.67. The molecule has 1 N–H and O–H groups in total. The van der Waals surface area contributed by atoms with Crippen LogP contribution in [-0.2, 0) is 6.54 Å². The number of hydrogen-bond acceptors (Lipinski definition) is 3. The molecule has 0 spiro atoms. The van der Waals surface area contributed by atoms with E-state index in [0.29, 0.717) is 5.92 Å². The second-order valence-electron chi connectivity index (χ2n) is 6.37. The fourth-order valence-electron chi connectivity index (χ4n) is 3.10. The molecule has 1 aliphatic rings. The molecule has 134 valence electrons. The van der Waals surface area contributed by atoms with Gasteiger partial charge in [0.1, 0.15) is 5.82 Å². The maximum absolute atomic E-state index is 13.0. The zero-order valence-electron chi connectivity index (χ0n) is 14.3. The van der Waals surface area contributed by atoms with Gasteiger partial charge in [-0.25, -0.2) is 4.39 Å². The van der Waals surface area contributed by atoms with E-state index in [1.807, 2.05) is 18.5 Å². The molecule has 1 fully saturated rings. The smallest absolute Gasteiger partial charge is 0.123 e. The van der Waals surface area contributed by atoms with Crippen molar-refractivity contribution in [2.45, 2.75) is 13.0 Å². The molecule has 25 heavy (non-hydrogen) atoms. The molecule has 1 saturated heterocycles. The lowest BCUT2D eigenvalue weighted by Crippen LogP contribution is -2.30. The number of nitrogens with zero attached hydrogens (tertiary/aromatic N) is 2. The van der Waals surface area contributed by atoms with Crippen molar-refractivity contribution < 1.29 is 4.39 Å². The van der Waals surface area contributed by atoms with Crippen LogP contribution in [0.25, 0.3) is 6.08 Å². The van der Waals surface area contributed by atoms with E-state index in [2.05, 4.69) is 33.4 Å². The lowest BCUT2D eigenvalue weighted by molar-refractivity contribution is 0.252. The molecule has 5 heteroatoms. The van der Waals surface area contributed by atoms with Crippen LogP contribution in [0, 0.1) is 11.7 Å². The van der Waals surface area contributed by atoms with Gasteiger partial charge >= 0.3 is 0 Å². The lowest BCUT2D eigenvalue weighted by atomic mass is 10.1. The predicted octanol–water partition coefficient (Wildman–Crippen LogP) is 3.77. The van der Waals surface area contributed by atoms with Crippen molar-refractivity contribution in [3.63, 3.8) is 0 Å². The van der Waals surface area contributed by atoms with Crippen LogP contribution in [0.3, 0.4) is 0 Å². The molecule has 1 aromatic heterocycles. The van der Waals surface area contributed by atoms with Crippen molar-refractivity contribution in [1.29, 1.82) is 0 Å². The largest absolute Gasteiger partial charge is 0.316 e. The van der Waals surface area contributed by atoms with Crippen LogP contribution in [0.4, 0.5) is 4.39 Å². The van der Waals surface area contributed by atoms with Gasteiger partial charge in [-0.05, 0) is 54.8 Å². The molecular weight excluding hydrogens is 337 g/mol. The number of rotatable bonds is 7. The summed E-state index contributed by atoms with van der Waals surface area (Å²) in [5.74, 6) is 0.514. The fourth-order valence-corrected chi connectivity index (χ4v) is 3.10. The monoisotopic (exact) mass is 361 g/mol. The third-order valence-corrected chi connectivity index (χ3v) is 4.35. The van der Waals surface area contributed by atoms with Crippen molar-refractivity contribution in [3.8, 4) is 0 Å². The van der Waals surface area contributed by atoms with E-state index in [9.17, 15) is 4.39 Å². The molecule has 2 aromatic rings. The molecule has 1 unspecified atom stereocenters. The summed E-state index contributed by atoms with van der Waals surface area (Å²) in [6.07, 6.45) is 9.20. The van der Waals surface area contributed by atoms with Gasteiger partial charge in [-0.15, -0.1) is 12.4 Å². The van der Waals surface area contributed by atoms with Crippen LogP contribution in [0.2, 0.25) is 0 Å². The van der Waals surface area contributed by atoms with Crippen molar-refractivity contribution in [1.82, 2.24) is 15.2 Å². The maximum atomic E-state index is 13.0. The molecule has 0 amide bonds. The minimum atomic E-state index is -0.195. The van der Waals surface area contributed by atoms with E-state index in [1.54, 1.807) is 12.1 Å². The molecular formula is C20H25ClFN3. The number of pyridine rings is 1. The van der Waals surface area contributed by atoms with Gasteiger partial charge in [-0.3, -0.25) is 9.88 Å². The molecule has 0 radical (unpaired) electrons. The quantitative estimate of drug-likeness (QED) is 0.813. The minimum Gasteiger partial charge on any atom is -0.316 e. The predicted molar refractivity (Wildman–Crippen MR) is 103 cm³/mol. The lowest BCUT2D eigenvalue weighted by Gasteiger charge is -2.24. The first kappa shape index (κ1) is 19.6. The number of nitrogens with one attached hydrogen (secondary N) is 1. The van der Waals surface area contributed by atoms with Gasteiger partial charge in [-0.1, -0.05) is 30.4 Å². The van der Waals surface area contributed by atoms with Crippen molar-refractivity contribution in [2.24, 2.45) is 5.92 Å². The Balaban J connectivity index is 0.00000225. The summed E-state index contributed by atoms with van der Waals surface area (Å²) in [6.45, 7) is 5.08. The highest BCUT2D eigenvalue weighted by molar-refractivity contribution is 5.85. The summed E-state index contributed by atoms with van der Waals surface area (Å²) in [5, 5.41) is 3.44. The topological polar surface area (TPSA) is 28.2 Å². The highest BCUT2D eigenvalue weighted by atomic mass is 35.5. The van der Waals surface area contributed by atoms with Crippen LogP contribution >= 0.6 is 12.4 Å². The molecule has 0 bridgehead atoms. The average molecular weight is 362 g/mol. The Hall–Kier alpha value is -1.75. The van der Waals surface area contributed by atoms with Gasteiger partial charge in [-0.2, -0.15) is 0 Å². The second kappa shape index (κ2) is 10.3. The highest BCUT2D eigenvalue weighted by Crippen LogP contribution is 2.13. The Morgan fingerprint density at radius 1 is 1.24 bits per heavy atom. The SMILES string of the molecule is Cl.Fc1ccc(/C=C/CN(Cc2cccnc2)CC2CCNC2)cc1. The number of halogens is 2. The minimum absolute atomic E-state index is 0. The van der Waals surface area contributed by atoms with Gasteiger partial charge < -0.3 is 5.32 Å². The molecule has 1 aliphatic heterocycles. The van der Waals surface area contributed by atoms with E-state index in [-0.39, 0.29) is 18.2 Å². The van der Waals surface area contributed by atoms with Gasteiger partial charge in [0.25, 0.3) is 0 Å². The van der Waals surface area contributed by atoms with E-state index in [0.717, 1.165) is 38.3 Å². The fraction of sp³-hybridized carbons (Fsp3) is 0.350. The first-order valence-corrected chi connectivity index (χ1v) is 8.54. The number of aromatic nitrogens is 1. The average Bonchev–Trinajstić information content (AvgIpc) is 3.10. The van der Waals surface area contributed by atoms with Crippen LogP contribution in [0.5, 0.6) is 0 Å². The Morgan fingerprint density at radius 3 is 2.76 bits per heavy atom. The Kier molecular flexibility index (Phi) is 8.06. The molecule has 3 rings (SSSR count). The molecule has 2 heterocycles. The van der Waals surface area contributed by atoms with Crippen LogP contribution in [-0.4, -0.2) is 36.1 Å². The second-order valence-corrected chi connectivity index (χ2v) is 6.37. The molecule has 0 aliphatic carbocycles. The molecule has 0 saturated carbocycles. The maximum Gasteiger partial charge on any atom is 0.123 e. The van der Waals surface area contributed by atoms with Gasteiger partial charge in [0.05, 0.1) is 0 Å². The van der Waals surface area contributed by atoms with Gasteiger partial charge in [0, 0.05) is 32.0 Å². The molecule has 1 aromatic carbocycles. The zero-order chi connectivity index (χ0) is 16.6. The van der Waals surface area contributed by atoms with Crippen LogP contribution in [0.1, 0.15) is 17.5 Å². The zero-order valence-corrected chi connectivity index (χ0v) is 15.1. The summed E-state index contributed by atoms with van der Waals surface area (Å²) >= 11 is 0. The Labute approximate surface area is 155 Å². The van der Waals surface area contributed by atoms with E-state index >= 15 is 0 Å². The Morgan fingerprint density at radius 2 is 2.08 bits per heavy atom. The summed E-state index contributed by atoms with van der Waals surface area (Å²) in [6, 6.07) is 10.7. The van der Waals surface area contributed by atoms with Crippen LogP contribution in [0.15, 0.2) is 54.9 Å². The Bertz CT molecular complexity index is 640. The summed E-state index contributed by atoms with van der Waals surface area (Å²) < 4.78 is 13.0. The van der Waals surface area contributed by atoms with E-state index in [1.165, 1.54) is 24.1 Å². The first-order valence-electron chi connectivity index (χ1n) is 8.54. The normalized spacial score (nSPS) is 17.1. The summed E-state index contributed by atoms with van der Waals surface area (Å²) in [5.41, 5.74) is 2.26. The van der Waals surface area contributed by atoms with Crippen molar-refractivity contribution >= 4 is 18.5 Å². The number of hydrogen-bond donors (Lipinski definition) is 1. The first-order chi connectivity index (χ1) is 11.8.